The predicted molar refractivity (Wildman–Crippen MR) is 72.7 cm³/mol. The molecule has 1 N–H and O–H groups in total. The van der Waals surface area contributed by atoms with Gasteiger partial charge in [0.15, 0.2) is 0 Å². The number of benzene rings is 1. The van der Waals surface area contributed by atoms with Gasteiger partial charge in [0.25, 0.3) is 5.91 Å². The van der Waals surface area contributed by atoms with E-state index in [-0.39, 0.29) is 11.4 Å². The number of carbonyl (C=O) groups excluding carboxylic acids is 1. The summed E-state index contributed by atoms with van der Waals surface area (Å²) in [6.45, 7) is 9.89. The summed E-state index contributed by atoms with van der Waals surface area (Å²) in [7, 11) is 0. The fourth-order valence-electron chi connectivity index (χ4n) is 1.01. The van der Waals surface area contributed by atoms with Crippen LogP contribution in [0.4, 0.5) is 0 Å². The van der Waals surface area contributed by atoms with E-state index in [4.69, 9.17) is 0 Å². The third kappa shape index (κ3) is 5.91. The largest absolute Gasteiger partial charge is 0.347 e. The summed E-state index contributed by atoms with van der Waals surface area (Å²) in [6.07, 6.45) is 0. The summed E-state index contributed by atoms with van der Waals surface area (Å²) in [4.78, 5) is 11.6. The molecule has 0 aliphatic carbocycles. The Labute approximate surface area is 107 Å². The first-order chi connectivity index (χ1) is 7.38. The van der Waals surface area contributed by atoms with Gasteiger partial charge in [-0.3, -0.25) is 4.79 Å². The molecular formula is C13H20BrNO. The van der Waals surface area contributed by atoms with Crippen LogP contribution in [0.1, 0.15) is 45.0 Å². The Kier molecular flexibility index (Phi) is 6.34. The zero-order chi connectivity index (χ0) is 12.8. The monoisotopic (exact) mass is 285 g/mol. The highest BCUT2D eigenvalue weighted by atomic mass is 79.9. The molecule has 0 unspecified atom stereocenters. The maximum atomic E-state index is 11.6. The first-order valence-corrected chi connectivity index (χ1v) is 6.26. The third-order valence-electron chi connectivity index (χ3n) is 1.59. The highest BCUT2D eigenvalue weighted by molar-refractivity contribution is 9.10. The second-order valence-corrected chi connectivity index (χ2v) is 5.13. The molecule has 90 valence electrons. The van der Waals surface area contributed by atoms with Crippen LogP contribution in [0, 0.1) is 0 Å². The molecule has 16 heavy (non-hydrogen) atoms. The molecule has 0 bridgehead atoms. The number of halogens is 1. The maximum Gasteiger partial charge on any atom is 0.251 e. The summed E-state index contributed by atoms with van der Waals surface area (Å²) in [5, 5.41) is 2.90. The Morgan fingerprint density at radius 2 is 1.56 bits per heavy atom. The van der Waals surface area contributed by atoms with Crippen molar-refractivity contribution in [3.63, 3.8) is 0 Å². The zero-order valence-corrected chi connectivity index (χ0v) is 12.2. The van der Waals surface area contributed by atoms with E-state index in [1.807, 2.05) is 46.8 Å². The molecule has 0 atom stereocenters. The summed E-state index contributed by atoms with van der Waals surface area (Å²) in [6, 6.07) is 7.31. The van der Waals surface area contributed by atoms with Gasteiger partial charge in [-0.05, 0) is 45.0 Å². The molecule has 0 saturated heterocycles. The van der Waals surface area contributed by atoms with Crippen LogP contribution < -0.4 is 5.32 Å². The molecule has 1 aromatic carbocycles. The molecule has 1 amide bonds. The van der Waals surface area contributed by atoms with Crippen molar-refractivity contribution in [1.82, 2.24) is 5.32 Å². The topological polar surface area (TPSA) is 29.1 Å². The van der Waals surface area contributed by atoms with Gasteiger partial charge in [0.1, 0.15) is 0 Å². The van der Waals surface area contributed by atoms with E-state index in [1.54, 1.807) is 12.1 Å². The first kappa shape index (κ1) is 15.2. The smallest absolute Gasteiger partial charge is 0.251 e. The van der Waals surface area contributed by atoms with E-state index < -0.39 is 0 Å². The molecule has 2 nitrogen and oxygen atoms in total. The Balaban J connectivity index is 0.00000106. The van der Waals surface area contributed by atoms with Gasteiger partial charge < -0.3 is 5.32 Å². The van der Waals surface area contributed by atoms with Crippen LogP contribution in [0.5, 0.6) is 0 Å². The molecular weight excluding hydrogens is 266 g/mol. The van der Waals surface area contributed by atoms with Gasteiger partial charge in [-0.15, -0.1) is 0 Å². The minimum Gasteiger partial charge on any atom is -0.347 e. The number of rotatable bonds is 1. The summed E-state index contributed by atoms with van der Waals surface area (Å²) in [5.41, 5.74) is 0.493. The average molecular weight is 286 g/mol. The highest BCUT2D eigenvalue weighted by Crippen LogP contribution is 2.11. The molecule has 1 aromatic rings. The van der Waals surface area contributed by atoms with Crippen LogP contribution in [0.3, 0.4) is 0 Å². The van der Waals surface area contributed by atoms with Crippen LogP contribution >= 0.6 is 15.9 Å². The average Bonchev–Trinajstić information content (AvgIpc) is 2.19. The normalized spacial score (nSPS) is 10.1. The summed E-state index contributed by atoms with van der Waals surface area (Å²) < 4.78 is 0.977. The number of carbonyl (C=O) groups is 1. The van der Waals surface area contributed by atoms with Crippen LogP contribution in [0.2, 0.25) is 0 Å². The van der Waals surface area contributed by atoms with E-state index >= 15 is 0 Å². The van der Waals surface area contributed by atoms with Crippen LogP contribution in [-0.2, 0) is 0 Å². The van der Waals surface area contributed by atoms with E-state index in [1.165, 1.54) is 0 Å². The second kappa shape index (κ2) is 6.69. The van der Waals surface area contributed by atoms with Crippen molar-refractivity contribution < 1.29 is 4.79 Å². The fraction of sp³-hybridized carbons (Fsp3) is 0.462. The molecule has 0 spiro atoms. The van der Waals surface area contributed by atoms with Gasteiger partial charge in [0.05, 0.1) is 0 Å². The number of nitrogens with one attached hydrogen (secondary N) is 1. The Bertz CT molecular complexity index is 325. The standard InChI is InChI=1S/C11H14BrNO.C2H6/c1-11(2,3)13-10(14)8-4-6-9(12)7-5-8;1-2/h4-7H,1-3H3,(H,13,14);1-2H3. The molecule has 0 aromatic heterocycles. The Morgan fingerprint density at radius 1 is 1.12 bits per heavy atom. The number of amides is 1. The van der Waals surface area contributed by atoms with Gasteiger partial charge in [0.2, 0.25) is 0 Å². The molecule has 0 radical (unpaired) electrons. The zero-order valence-electron chi connectivity index (χ0n) is 10.6. The van der Waals surface area contributed by atoms with Crippen molar-refractivity contribution in [3.05, 3.63) is 34.3 Å². The van der Waals surface area contributed by atoms with E-state index in [0.29, 0.717) is 5.56 Å². The van der Waals surface area contributed by atoms with Crippen molar-refractivity contribution in [2.75, 3.05) is 0 Å². The fourth-order valence-corrected chi connectivity index (χ4v) is 1.28. The van der Waals surface area contributed by atoms with Crippen molar-refractivity contribution in [1.29, 1.82) is 0 Å². The molecule has 0 heterocycles. The highest BCUT2D eigenvalue weighted by Gasteiger charge is 2.14. The van der Waals surface area contributed by atoms with E-state index in [2.05, 4.69) is 21.2 Å². The lowest BCUT2D eigenvalue weighted by molar-refractivity contribution is 0.0919. The molecule has 0 aliphatic heterocycles. The van der Waals surface area contributed by atoms with Crippen molar-refractivity contribution in [3.8, 4) is 0 Å². The Morgan fingerprint density at radius 3 is 1.94 bits per heavy atom. The van der Waals surface area contributed by atoms with Gasteiger partial charge in [-0.25, -0.2) is 0 Å². The van der Waals surface area contributed by atoms with Gasteiger partial charge in [-0.1, -0.05) is 29.8 Å². The lowest BCUT2D eigenvalue weighted by Crippen LogP contribution is -2.40. The lowest BCUT2D eigenvalue weighted by atomic mass is 10.1. The molecule has 3 heteroatoms. The lowest BCUT2D eigenvalue weighted by Gasteiger charge is -2.20. The SMILES string of the molecule is CC.CC(C)(C)NC(=O)c1ccc(Br)cc1. The maximum absolute atomic E-state index is 11.6. The molecule has 1 rings (SSSR count). The second-order valence-electron chi connectivity index (χ2n) is 4.21. The van der Waals surface area contributed by atoms with E-state index in [9.17, 15) is 4.79 Å². The van der Waals surface area contributed by atoms with Gasteiger partial charge >= 0.3 is 0 Å². The molecule has 0 fully saturated rings. The molecule has 0 aliphatic rings. The molecule has 0 saturated carbocycles. The number of hydrogen-bond acceptors (Lipinski definition) is 1. The summed E-state index contributed by atoms with van der Waals surface area (Å²) >= 11 is 3.32. The number of hydrogen-bond donors (Lipinski definition) is 1. The van der Waals surface area contributed by atoms with Gasteiger partial charge in [0, 0.05) is 15.6 Å². The van der Waals surface area contributed by atoms with Crippen molar-refractivity contribution in [2.24, 2.45) is 0 Å². The Hall–Kier alpha value is -0.830. The first-order valence-electron chi connectivity index (χ1n) is 5.46. The third-order valence-corrected chi connectivity index (χ3v) is 2.12. The minimum absolute atomic E-state index is 0.0370. The quantitative estimate of drug-likeness (QED) is 0.830. The minimum atomic E-state index is -0.190. The van der Waals surface area contributed by atoms with Gasteiger partial charge in [-0.2, -0.15) is 0 Å². The van der Waals surface area contributed by atoms with Crippen LogP contribution in [-0.4, -0.2) is 11.4 Å². The van der Waals surface area contributed by atoms with Crippen molar-refractivity contribution in [2.45, 2.75) is 40.2 Å². The van der Waals surface area contributed by atoms with Crippen molar-refractivity contribution >= 4 is 21.8 Å². The van der Waals surface area contributed by atoms with Crippen LogP contribution in [0.15, 0.2) is 28.7 Å². The summed E-state index contributed by atoms with van der Waals surface area (Å²) in [5.74, 6) is -0.0370. The van der Waals surface area contributed by atoms with E-state index in [0.717, 1.165) is 4.47 Å². The van der Waals surface area contributed by atoms with Crippen LogP contribution in [0.25, 0.3) is 0 Å². The predicted octanol–water partition coefficient (Wildman–Crippen LogP) is 4.00.